The molecule has 116 valence electrons. The molecule has 2 aliphatic carbocycles. The van der Waals surface area contributed by atoms with E-state index in [-0.39, 0.29) is 39.1 Å². The van der Waals surface area contributed by atoms with Gasteiger partial charge in [0.1, 0.15) is 0 Å². The standard InChI is InChI=1S/2C7H11BrO2.Cd/c2*8-6-3-1-2-5(4-6)7(9)10;/h2*5-6H,1-4H2,(H,9,10);/q;;+2/p-2. The van der Waals surface area contributed by atoms with Crippen molar-refractivity contribution in [3.05, 3.63) is 0 Å². The summed E-state index contributed by atoms with van der Waals surface area (Å²) in [4.78, 5) is 21.5. The van der Waals surface area contributed by atoms with E-state index in [1.54, 1.807) is 0 Å². The summed E-state index contributed by atoms with van der Waals surface area (Å²) >= 11 is 6.81. The molecule has 4 atom stereocenters. The van der Waals surface area contributed by atoms with Gasteiger partial charge in [-0.15, -0.1) is 0 Å². The van der Waals surface area contributed by atoms with Crippen LogP contribution in [0.25, 0.3) is 0 Å². The summed E-state index contributed by atoms with van der Waals surface area (Å²) in [6, 6.07) is 0. The number of hydrogen-bond acceptors (Lipinski definition) is 4. The first-order valence-electron chi connectivity index (χ1n) is 7.10. The third-order valence-electron chi connectivity index (χ3n) is 3.89. The normalized spacial score (nSPS) is 32.1. The quantitative estimate of drug-likeness (QED) is 0.404. The zero-order valence-corrected chi connectivity index (χ0v) is 19.3. The molecule has 2 saturated carbocycles. The fourth-order valence-electron chi connectivity index (χ4n) is 2.69. The van der Waals surface area contributed by atoms with Crippen molar-refractivity contribution in [2.75, 3.05) is 0 Å². The summed E-state index contributed by atoms with van der Waals surface area (Å²) in [7, 11) is 0. The Morgan fingerprint density at radius 2 is 1.10 bits per heavy atom. The predicted molar refractivity (Wildman–Crippen MR) is 79.4 cm³/mol. The van der Waals surface area contributed by atoms with Crippen molar-refractivity contribution < 1.29 is 47.1 Å². The van der Waals surface area contributed by atoms with Crippen LogP contribution in [0, 0.1) is 11.8 Å². The molecule has 0 aromatic rings. The van der Waals surface area contributed by atoms with Gasteiger partial charge >= 0.3 is 27.3 Å². The van der Waals surface area contributed by atoms with Crippen LogP contribution in [-0.4, -0.2) is 21.6 Å². The van der Waals surface area contributed by atoms with Crippen molar-refractivity contribution in [3.8, 4) is 0 Å². The third kappa shape index (κ3) is 8.88. The fourth-order valence-corrected chi connectivity index (χ4v) is 4.24. The van der Waals surface area contributed by atoms with Gasteiger partial charge in [-0.3, -0.25) is 0 Å². The molecule has 4 unspecified atom stereocenters. The minimum absolute atomic E-state index is 0. The van der Waals surface area contributed by atoms with E-state index in [1.807, 2.05) is 0 Å². The summed E-state index contributed by atoms with van der Waals surface area (Å²) in [5, 5.41) is 20.7. The third-order valence-corrected chi connectivity index (χ3v) is 5.55. The van der Waals surface area contributed by atoms with Gasteiger partial charge in [0.05, 0.1) is 0 Å². The molecular formula is C14H20Br2CdO4. The Balaban J connectivity index is 0.000000364. The van der Waals surface area contributed by atoms with Gasteiger partial charge < -0.3 is 19.8 Å². The van der Waals surface area contributed by atoms with Gasteiger partial charge in [0.25, 0.3) is 0 Å². The van der Waals surface area contributed by atoms with Crippen LogP contribution in [0.5, 0.6) is 0 Å². The Morgan fingerprint density at radius 1 is 0.762 bits per heavy atom. The van der Waals surface area contributed by atoms with E-state index in [4.69, 9.17) is 0 Å². The average molecular weight is 525 g/mol. The molecule has 0 radical (unpaired) electrons. The Hall–Kier alpha value is 0.822. The first-order valence-corrected chi connectivity index (χ1v) is 8.93. The molecule has 0 aromatic heterocycles. The Labute approximate surface area is 162 Å². The molecule has 2 aliphatic rings. The van der Waals surface area contributed by atoms with E-state index in [1.165, 1.54) is 0 Å². The maximum absolute atomic E-state index is 10.4. The molecule has 0 bridgehead atoms. The number of carboxylic acid groups (broad SMARTS) is 2. The number of carbonyl (C=O) groups is 2. The number of alkyl halides is 2. The van der Waals surface area contributed by atoms with Crippen LogP contribution >= 0.6 is 31.9 Å². The van der Waals surface area contributed by atoms with Crippen LogP contribution < -0.4 is 10.2 Å². The Kier molecular flexibility index (Phi) is 11.8. The smallest absolute Gasteiger partial charge is 0.550 e. The van der Waals surface area contributed by atoms with E-state index in [0.717, 1.165) is 51.4 Å². The number of carbonyl (C=O) groups excluding carboxylic acids is 2. The first kappa shape index (κ1) is 21.8. The van der Waals surface area contributed by atoms with Crippen molar-refractivity contribution in [1.82, 2.24) is 0 Å². The Morgan fingerprint density at radius 3 is 1.29 bits per heavy atom. The van der Waals surface area contributed by atoms with Crippen molar-refractivity contribution in [1.29, 1.82) is 0 Å². The predicted octanol–water partition coefficient (Wildman–Crippen LogP) is 1.38. The number of aliphatic carboxylic acids is 2. The average Bonchev–Trinajstić information content (AvgIpc) is 2.39. The van der Waals surface area contributed by atoms with Gasteiger partial charge in [-0.1, -0.05) is 44.7 Å². The minimum atomic E-state index is -0.885. The molecular weight excluding hydrogens is 504 g/mol. The molecule has 0 aromatic carbocycles. The van der Waals surface area contributed by atoms with Crippen LogP contribution in [0.2, 0.25) is 0 Å². The molecule has 2 rings (SSSR count). The molecule has 7 heteroatoms. The minimum Gasteiger partial charge on any atom is -0.550 e. The monoisotopic (exact) mass is 524 g/mol. The second-order valence-corrected chi connectivity index (χ2v) is 8.15. The topological polar surface area (TPSA) is 80.3 Å². The largest absolute Gasteiger partial charge is 2.00 e. The maximum Gasteiger partial charge on any atom is 2.00 e. The van der Waals surface area contributed by atoms with Gasteiger partial charge in [-0.25, -0.2) is 0 Å². The first-order chi connectivity index (χ1) is 9.40. The van der Waals surface area contributed by atoms with Gasteiger partial charge in [0.2, 0.25) is 0 Å². The van der Waals surface area contributed by atoms with Crippen LogP contribution in [0.15, 0.2) is 0 Å². The van der Waals surface area contributed by atoms with Crippen molar-refractivity contribution in [2.24, 2.45) is 11.8 Å². The van der Waals surface area contributed by atoms with Crippen molar-refractivity contribution in [2.45, 2.75) is 61.0 Å². The molecule has 2 fully saturated rings. The summed E-state index contributed by atoms with van der Waals surface area (Å²) < 4.78 is 0. The second-order valence-electron chi connectivity index (χ2n) is 5.56. The van der Waals surface area contributed by atoms with Crippen LogP contribution in [-0.2, 0) is 36.9 Å². The number of rotatable bonds is 2. The van der Waals surface area contributed by atoms with Crippen LogP contribution in [0.1, 0.15) is 51.4 Å². The van der Waals surface area contributed by atoms with E-state index in [2.05, 4.69) is 31.9 Å². The molecule has 21 heavy (non-hydrogen) atoms. The van der Waals surface area contributed by atoms with Gasteiger partial charge in [0.15, 0.2) is 0 Å². The molecule has 4 nitrogen and oxygen atoms in total. The van der Waals surface area contributed by atoms with Crippen molar-refractivity contribution in [3.63, 3.8) is 0 Å². The van der Waals surface area contributed by atoms with Gasteiger partial charge in [0, 0.05) is 21.6 Å². The van der Waals surface area contributed by atoms with E-state index in [0.29, 0.717) is 9.65 Å². The van der Waals surface area contributed by atoms with E-state index >= 15 is 0 Å². The van der Waals surface area contributed by atoms with E-state index in [9.17, 15) is 19.8 Å². The zero-order chi connectivity index (χ0) is 15.1. The molecule has 0 heterocycles. The summed E-state index contributed by atoms with van der Waals surface area (Å²) in [6.07, 6.45) is 7.29. The zero-order valence-electron chi connectivity index (χ0n) is 12.1. The summed E-state index contributed by atoms with van der Waals surface area (Å²) in [5.41, 5.74) is 0. The van der Waals surface area contributed by atoms with Gasteiger partial charge in [-0.2, -0.15) is 0 Å². The molecule has 0 N–H and O–H groups in total. The second kappa shape index (κ2) is 11.4. The molecule has 0 saturated heterocycles. The number of carboxylic acids is 2. The molecule has 0 amide bonds. The maximum atomic E-state index is 10.4. The van der Waals surface area contributed by atoms with Crippen LogP contribution in [0.3, 0.4) is 0 Å². The summed E-state index contributed by atoms with van der Waals surface area (Å²) in [5.74, 6) is -2.19. The number of halogens is 2. The fraction of sp³-hybridized carbons (Fsp3) is 0.857. The molecule has 0 aliphatic heterocycles. The van der Waals surface area contributed by atoms with Gasteiger partial charge in [-0.05, 0) is 50.4 Å². The number of hydrogen-bond donors (Lipinski definition) is 0. The van der Waals surface area contributed by atoms with Crippen molar-refractivity contribution >= 4 is 43.8 Å². The Bertz CT molecular complexity index is 309. The van der Waals surface area contributed by atoms with Crippen LogP contribution in [0.4, 0.5) is 0 Å². The SMILES string of the molecule is O=C([O-])C1CCCC(Br)C1.O=C([O-])C1CCCC(Br)C1.[Cd+2]. The molecule has 0 spiro atoms. The van der Waals surface area contributed by atoms with E-state index < -0.39 is 11.9 Å². The summed E-state index contributed by atoms with van der Waals surface area (Å²) in [6.45, 7) is 0.